The van der Waals surface area contributed by atoms with Gasteiger partial charge in [-0.15, -0.1) is 11.3 Å². The van der Waals surface area contributed by atoms with E-state index in [0.29, 0.717) is 35.9 Å². The van der Waals surface area contributed by atoms with Crippen molar-refractivity contribution in [2.75, 3.05) is 11.9 Å². The number of rotatable bonds is 5. The number of anilines is 1. The Labute approximate surface area is 183 Å². The molecule has 0 radical (unpaired) electrons. The quantitative estimate of drug-likeness (QED) is 0.560. The lowest BCUT2D eigenvalue weighted by atomic mass is 10.0. The van der Waals surface area contributed by atoms with Gasteiger partial charge in [0, 0.05) is 48.1 Å². The summed E-state index contributed by atoms with van der Waals surface area (Å²) >= 11 is 1.57. The average Bonchev–Trinajstić information content (AvgIpc) is 3.43. The van der Waals surface area contributed by atoms with Crippen molar-refractivity contribution in [2.24, 2.45) is 11.5 Å². The highest BCUT2D eigenvalue weighted by Gasteiger charge is 2.38. The van der Waals surface area contributed by atoms with Gasteiger partial charge in [-0.1, -0.05) is 18.2 Å². The van der Waals surface area contributed by atoms with E-state index in [1.54, 1.807) is 35.7 Å². The molecule has 3 aromatic rings. The number of urea groups is 1. The fourth-order valence-electron chi connectivity index (χ4n) is 3.96. The molecule has 2 aromatic heterocycles. The highest BCUT2D eigenvalue weighted by atomic mass is 32.1. The Kier molecular flexibility index (Phi) is 5.75. The van der Waals surface area contributed by atoms with Crippen LogP contribution in [0.2, 0.25) is 0 Å². The summed E-state index contributed by atoms with van der Waals surface area (Å²) in [4.78, 5) is 44.5. The number of ketones is 1. The first kappa shape index (κ1) is 21.0. The Bertz CT molecular complexity index is 1150. The number of Topliss-reactive ketones (excluding diaryl/α,β-unsaturated/α-hetero) is 1. The molecule has 162 valence electrons. The van der Waals surface area contributed by atoms with Gasteiger partial charge in [0.2, 0.25) is 0 Å². The van der Waals surface area contributed by atoms with Gasteiger partial charge in [-0.3, -0.25) is 9.36 Å². The second kappa shape index (κ2) is 8.48. The van der Waals surface area contributed by atoms with Crippen LogP contribution in [0.3, 0.4) is 0 Å². The molecule has 5 N–H and O–H groups in total. The van der Waals surface area contributed by atoms with Gasteiger partial charge in [-0.05, 0) is 19.4 Å². The zero-order chi connectivity index (χ0) is 22.1. The molecule has 1 aliphatic heterocycles. The van der Waals surface area contributed by atoms with Gasteiger partial charge in [0.25, 0.3) is 0 Å². The summed E-state index contributed by atoms with van der Waals surface area (Å²) in [6.45, 7) is 2.26. The van der Waals surface area contributed by atoms with Crippen LogP contribution >= 0.6 is 11.3 Å². The molecular formula is C21H24N6O3S. The van der Waals surface area contributed by atoms with Crippen LogP contribution in [-0.2, 0) is 11.2 Å². The lowest BCUT2D eigenvalue weighted by molar-refractivity contribution is -0.122. The molecule has 1 aromatic carbocycles. The normalized spacial score (nSPS) is 18.5. The SMILES string of the molecule is Cc1cnc(CCC(=O)[C@@H]2C[C@H](N)CN2C(=O)Nc2cn(C(N)=O)c3ccccc23)s1. The molecular weight excluding hydrogens is 416 g/mol. The molecule has 0 saturated carbocycles. The van der Waals surface area contributed by atoms with Crippen molar-refractivity contribution in [1.29, 1.82) is 0 Å². The standard InChI is InChI=1S/C21H24N6O3S/c1-12-9-24-19(31-12)7-6-18(28)17-8-13(22)10-27(17)21(30)25-15-11-26(20(23)29)16-5-3-2-4-14(15)16/h2-5,9,11,13,17H,6-8,10,22H2,1H3,(H2,23,29)(H,25,30)/t13-,17-/m0/s1. The molecule has 0 bridgehead atoms. The van der Waals surface area contributed by atoms with Crippen LogP contribution in [0.5, 0.6) is 0 Å². The average molecular weight is 441 g/mol. The van der Waals surface area contributed by atoms with Crippen molar-refractivity contribution < 1.29 is 14.4 Å². The first-order chi connectivity index (χ1) is 14.8. The monoisotopic (exact) mass is 440 g/mol. The fourth-order valence-corrected chi connectivity index (χ4v) is 4.75. The van der Waals surface area contributed by atoms with Crippen LogP contribution in [-0.4, -0.2) is 50.9 Å². The van der Waals surface area contributed by atoms with Crippen LogP contribution < -0.4 is 16.8 Å². The van der Waals surface area contributed by atoms with E-state index in [2.05, 4.69) is 10.3 Å². The van der Waals surface area contributed by atoms with Crippen molar-refractivity contribution in [1.82, 2.24) is 14.5 Å². The number of carbonyl (C=O) groups is 3. The number of amides is 3. The highest BCUT2D eigenvalue weighted by Crippen LogP contribution is 2.27. The number of aromatic nitrogens is 2. The van der Waals surface area contributed by atoms with Gasteiger partial charge in [-0.25, -0.2) is 14.6 Å². The van der Waals surface area contributed by atoms with Gasteiger partial charge < -0.3 is 21.7 Å². The largest absolute Gasteiger partial charge is 0.351 e. The lowest BCUT2D eigenvalue weighted by Gasteiger charge is -2.23. The summed E-state index contributed by atoms with van der Waals surface area (Å²) in [5.41, 5.74) is 12.6. The molecule has 31 heavy (non-hydrogen) atoms. The molecule has 9 nitrogen and oxygen atoms in total. The highest BCUT2D eigenvalue weighted by molar-refractivity contribution is 7.11. The number of para-hydroxylation sites is 1. The third-order valence-electron chi connectivity index (χ3n) is 5.41. The van der Waals surface area contributed by atoms with Gasteiger partial charge in [-0.2, -0.15) is 0 Å². The zero-order valence-corrected chi connectivity index (χ0v) is 17.9. The van der Waals surface area contributed by atoms with E-state index in [0.717, 1.165) is 9.88 Å². The molecule has 4 rings (SSSR count). The van der Waals surface area contributed by atoms with Crippen LogP contribution in [0.1, 0.15) is 22.7 Å². The van der Waals surface area contributed by atoms with Crippen molar-refractivity contribution in [3.8, 4) is 0 Å². The van der Waals surface area contributed by atoms with E-state index in [9.17, 15) is 14.4 Å². The predicted octanol–water partition coefficient (Wildman–Crippen LogP) is 2.47. The number of nitrogens with one attached hydrogen (secondary N) is 1. The van der Waals surface area contributed by atoms with Gasteiger partial charge in [0.15, 0.2) is 5.78 Å². The van der Waals surface area contributed by atoms with E-state index in [1.165, 1.54) is 15.7 Å². The van der Waals surface area contributed by atoms with Gasteiger partial charge >= 0.3 is 12.1 Å². The molecule has 1 aliphatic rings. The number of hydrogen-bond donors (Lipinski definition) is 3. The van der Waals surface area contributed by atoms with Crippen LogP contribution in [0.25, 0.3) is 10.9 Å². The summed E-state index contributed by atoms with van der Waals surface area (Å²) < 4.78 is 1.28. The molecule has 3 heterocycles. The second-order valence-corrected chi connectivity index (χ2v) is 9.01. The second-order valence-electron chi connectivity index (χ2n) is 7.69. The summed E-state index contributed by atoms with van der Waals surface area (Å²) in [7, 11) is 0. The van der Waals surface area contributed by atoms with Crippen LogP contribution in [0, 0.1) is 6.92 Å². The minimum Gasteiger partial charge on any atom is -0.351 e. The van der Waals surface area contributed by atoms with E-state index < -0.39 is 18.1 Å². The van der Waals surface area contributed by atoms with E-state index in [4.69, 9.17) is 11.5 Å². The van der Waals surface area contributed by atoms with Crippen LogP contribution in [0.15, 0.2) is 36.7 Å². The van der Waals surface area contributed by atoms with Crippen molar-refractivity contribution in [2.45, 2.75) is 38.3 Å². The number of fused-ring (bicyclic) bond motifs is 1. The Morgan fingerprint density at radius 1 is 1.29 bits per heavy atom. The molecule has 2 atom stereocenters. The minimum atomic E-state index is -0.648. The molecule has 0 unspecified atom stereocenters. The molecule has 3 amide bonds. The zero-order valence-electron chi connectivity index (χ0n) is 17.1. The maximum absolute atomic E-state index is 13.0. The number of likely N-dealkylation sites (tertiary alicyclic amines) is 1. The summed E-state index contributed by atoms with van der Waals surface area (Å²) in [5.74, 6) is -0.0319. The number of hydrogen-bond acceptors (Lipinski definition) is 6. The maximum atomic E-state index is 13.0. The Morgan fingerprint density at radius 2 is 2.06 bits per heavy atom. The number of carbonyl (C=O) groups excluding carboxylic acids is 3. The van der Waals surface area contributed by atoms with Crippen molar-refractivity contribution in [3.63, 3.8) is 0 Å². The smallest absolute Gasteiger partial charge is 0.323 e. The Balaban J connectivity index is 1.50. The first-order valence-electron chi connectivity index (χ1n) is 10.0. The summed E-state index contributed by atoms with van der Waals surface area (Å²) in [6, 6.07) is 5.20. The molecule has 1 fully saturated rings. The molecule has 0 spiro atoms. The molecule has 1 saturated heterocycles. The predicted molar refractivity (Wildman–Crippen MR) is 119 cm³/mol. The molecule has 10 heteroatoms. The van der Waals surface area contributed by atoms with E-state index in [1.807, 2.05) is 13.0 Å². The number of primary amides is 1. The van der Waals surface area contributed by atoms with Crippen molar-refractivity contribution >= 4 is 45.8 Å². The molecule has 0 aliphatic carbocycles. The third kappa shape index (κ3) is 4.30. The topological polar surface area (TPSA) is 136 Å². The summed E-state index contributed by atoms with van der Waals surface area (Å²) in [6.07, 6.45) is 4.55. The fraction of sp³-hybridized carbons (Fsp3) is 0.333. The Morgan fingerprint density at radius 3 is 2.77 bits per heavy atom. The summed E-state index contributed by atoms with van der Waals surface area (Å²) in [5, 5.41) is 4.41. The first-order valence-corrected chi connectivity index (χ1v) is 10.8. The number of nitrogens with zero attached hydrogens (tertiary/aromatic N) is 3. The minimum absolute atomic E-state index is 0.0319. The number of aryl methyl sites for hydroxylation is 2. The number of thiazole rings is 1. The third-order valence-corrected chi connectivity index (χ3v) is 6.38. The van der Waals surface area contributed by atoms with Crippen LogP contribution in [0.4, 0.5) is 15.3 Å². The van der Waals surface area contributed by atoms with E-state index >= 15 is 0 Å². The van der Waals surface area contributed by atoms with Crippen molar-refractivity contribution in [3.05, 3.63) is 46.5 Å². The van der Waals surface area contributed by atoms with Gasteiger partial charge in [0.05, 0.1) is 22.3 Å². The number of benzene rings is 1. The number of nitrogens with two attached hydrogens (primary N) is 2. The maximum Gasteiger partial charge on any atom is 0.323 e. The van der Waals surface area contributed by atoms with E-state index in [-0.39, 0.29) is 18.4 Å². The lowest BCUT2D eigenvalue weighted by Crippen LogP contribution is -2.43. The van der Waals surface area contributed by atoms with Gasteiger partial charge in [0.1, 0.15) is 0 Å². The Hall–Kier alpha value is -3.24.